The molecule has 3 rings (SSSR count). The number of hydrogen-bond donors (Lipinski definition) is 2. The molecule has 1 aromatic carbocycles. The van der Waals surface area contributed by atoms with Gasteiger partial charge in [0, 0.05) is 32.2 Å². The number of morpholine rings is 1. The van der Waals surface area contributed by atoms with Crippen LogP contribution in [-0.2, 0) is 4.74 Å². The summed E-state index contributed by atoms with van der Waals surface area (Å²) in [6, 6.07) is 7.45. The van der Waals surface area contributed by atoms with Crippen LogP contribution in [0.1, 0.15) is 16.1 Å². The molecule has 0 saturated carbocycles. The van der Waals surface area contributed by atoms with Gasteiger partial charge in [0.2, 0.25) is 0 Å². The van der Waals surface area contributed by atoms with Crippen molar-refractivity contribution in [3.05, 3.63) is 41.9 Å². The zero-order valence-corrected chi connectivity index (χ0v) is 15.7. The van der Waals surface area contributed by atoms with Crippen LogP contribution in [0.2, 0.25) is 0 Å². The summed E-state index contributed by atoms with van der Waals surface area (Å²) < 4.78 is 10.7. The predicted octanol–water partition coefficient (Wildman–Crippen LogP) is 1.60. The highest BCUT2D eigenvalue weighted by atomic mass is 16.5. The normalized spacial score (nSPS) is 14.6. The molecule has 8 nitrogen and oxygen atoms in total. The Hall–Kier alpha value is -2.71. The number of nitrogens with zero attached hydrogens (tertiary/aromatic N) is 3. The van der Waals surface area contributed by atoms with Crippen molar-refractivity contribution in [1.82, 2.24) is 20.2 Å². The summed E-state index contributed by atoms with van der Waals surface area (Å²) in [6.07, 6.45) is 1.38. The van der Waals surface area contributed by atoms with E-state index in [4.69, 9.17) is 9.47 Å². The Morgan fingerprint density at radius 2 is 2.07 bits per heavy atom. The lowest BCUT2D eigenvalue weighted by atomic mass is 10.2. The van der Waals surface area contributed by atoms with Gasteiger partial charge in [0.05, 0.1) is 26.0 Å². The second kappa shape index (κ2) is 9.29. The summed E-state index contributed by atoms with van der Waals surface area (Å²) in [4.78, 5) is 22.9. The van der Waals surface area contributed by atoms with Crippen molar-refractivity contribution in [2.24, 2.45) is 0 Å². The molecule has 8 heteroatoms. The maximum atomic E-state index is 12.4. The van der Waals surface area contributed by atoms with Gasteiger partial charge in [0.25, 0.3) is 5.91 Å². The van der Waals surface area contributed by atoms with E-state index in [2.05, 4.69) is 25.5 Å². The molecule has 144 valence electrons. The Kier molecular flexibility index (Phi) is 6.56. The zero-order valence-electron chi connectivity index (χ0n) is 15.7. The van der Waals surface area contributed by atoms with Crippen molar-refractivity contribution < 1.29 is 14.3 Å². The van der Waals surface area contributed by atoms with E-state index in [9.17, 15) is 4.79 Å². The van der Waals surface area contributed by atoms with E-state index >= 15 is 0 Å². The Morgan fingerprint density at radius 3 is 2.85 bits per heavy atom. The van der Waals surface area contributed by atoms with Crippen LogP contribution < -0.4 is 15.4 Å². The van der Waals surface area contributed by atoms with Gasteiger partial charge in [0.15, 0.2) is 0 Å². The number of benzene rings is 1. The topological polar surface area (TPSA) is 88.6 Å². The molecule has 1 fully saturated rings. The van der Waals surface area contributed by atoms with Gasteiger partial charge in [-0.25, -0.2) is 9.97 Å². The Labute approximate surface area is 158 Å². The van der Waals surface area contributed by atoms with E-state index in [1.54, 1.807) is 13.2 Å². The van der Waals surface area contributed by atoms with Crippen LogP contribution in [0.4, 0.5) is 11.5 Å². The fourth-order valence-electron chi connectivity index (χ4n) is 2.85. The van der Waals surface area contributed by atoms with Crippen molar-refractivity contribution >= 4 is 17.4 Å². The van der Waals surface area contributed by atoms with Crippen molar-refractivity contribution in [2.45, 2.75) is 6.92 Å². The average Bonchev–Trinajstić information content (AvgIpc) is 2.69. The Morgan fingerprint density at radius 1 is 1.26 bits per heavy atom. The number of methoxy groups -OCH3 is 1. The quantitative estimate of drug-likeness (QED) is 0.764. The number of carbonyl (C=O) groups is 1. The maximum Gasteiger partial charge on any atom is 0.270 e. The number of hydrogen-bond acceptors (Lipinski definition) is 7. The molecular formula is C19H25N5O3. The second-order valence-corrected chi connectivity index (χ2v) is 6.33. The molecule has 1 aliphatic rings. The third kappa shape index (κ3) is 5.38. The molecule has 27 heavy (non-hydrogen) atoms. The summed E-state index contributed by atoms with van der Waals surface area (Å²) in [5.41, 5.74) is 2.20. The summed E-state index contributed by atoms with van der Waals surface area (Å²) >= 11 is 0. The maximum absolute atomic E-state index is 12.4. The van der Waals surface area contributed by atoms with Crippen molar-refractivity contribution in [1.29, 1.82) is 0 Å². The van der Waals surface area contributed by atoms with Gasteiger partial charge in [0.1, 0.15) is 23.6 Å². The number of amides is 1. The van der Waals surface area contributed by atoms with Gasteiger partial charge >= 0.3 is 0 Å². The van der Waals surface area contributed by atoms with Crippen molar-refractivity contribution in [3.8, 4) is 5.75 Å². The zero-order chi connectivity index (χ0) is 19.1. The van der Waals surface area contributed by atoms with E-state index in [1.807, 2.05) is 25.1 Å². The number of carbonyl (C=O) groups excluding carboxylic acids is 1. The Balaban J connectivity index is 1.59. The second-order valence-electron chi connectivity index (χ2n) is 6.33. The lowest BCUT2D eigenvalue weighted by Gasteiger charge is -2.26. The number of ether oxygens (including phenoxy) is 2. The summed E-state index contributed by atoms with van der Waals surface area (Å²) in [6.45, 7) is 6.65. The monoisotopic (exact) mass is 371 g/mol. The first kappa shape index (κ1) is 19.1. The van der Waals surface area contributed by atoms with Crippen LogP contribution in [-0.4, -0.2) is 67.3 Å². The van der Waals surface area contributed by atoms with Crippen LogP contribution in [0.25, 0.3) is 0 Å². The van der Waals surface area contributed by atoms with Crippen LogP contribution >= 0.6 is 0 Å². The molecule has 0 bridgehead atoms. The SMILES string of the molecule is COc1ccc(C)cc1Nc1cc(C(=O)NCCN2CCOCC2)ncn1. The van der Waals surface area contributed by atoms with E-state index < -0.39 is 0 Å². The largest absolute Gasteiger partial charge is 0.495 e. The van der Waals surface area contributed by atoms with Gasteiger partial charge < -0.3 is 20.1 Å². The lowest BCUT2D eigenvalue weighted by Crippen LogP contribution is -2.41. The van der Waals surface area contributed by atoms with E-state index in [-0.39, 0.29) is 5.91 Å². The Bertz CT molecular complexity index is 778. The van der Waals surface area contributed by atoms with Gasteiger partial charge in [-0.3, -0.25) is 9.69 Å². The van der Waals surface area contributed by atoms with E-state index in [0.717, 1.165) is 44.1 Å². The first-order valence-electron chi connectivity index (χ1n) is 8.98. The molecule has 0 atom stereocenters. The number of nitrogens with one attached hydrogen (secondary N) is 2. The molecule has 2 N–H and O–H groups in total. The molecule has 0 aliphatic carbocycles. The fourth-order valence-corrected chi connectivity index (χ4v) is 2.85. The minimum absolute atomic E-state index is 0.218. The molecule has 0 unspecified atom stereocenters. The molecule has 2 aromatic rings. The van der Waals surface area contributed by atoms with Crippen molar-refractivity contribution in [2.75, 3.05) is 51.8 Å². The highest BCUT2D eigenvalue weighted by Gasteiger charge is 2.13. The van der Waals surface area contributed by atoms with Gasteiger partial charge in [-0.1, -0.05) is 6.07 Å². The van der Waals surface area contributed by atoms with Crippen LogP contribution in [0.15, 0.2) is 30.6 Å². The van der Waals surface area contributed by atoms with Crippen LogP contribution in [0.5, 0.6) is 5.75 Å². The number of anilines is 2. The van der Waals surface area contributed by atoms with E-state index in [1.165, 1.54) is 6.33 Å². The third-order valence-electron chi connectivity index (χ3n) is 4.33. The molecule has 0 radical (unpaired) electrons. The lowest BCUT2D eigenvalue weighted by molar-refractivity contribution is 0.0383. The molecule has 1 saturated heterocycles. The molecular weight excluding hydrogens is 346 g/mol. The third-order valence-corrected chi connectivity index (χ3v) is 4.33. The van der Waals surface area contributed by atoms with Crippen LogP contribution in [0, 0.1) is 6.92 Å². The van der Waals surface area contributed by atoms with Gasteiger partial charge in [-0.05, 0) is 24.6 Å². The molecule has 0 spiro atoms. The summed E-state index contributed by atoms with van der Waals surface area (Å²) in [5, 5.41) is 6.09. The highest BCUT2D eigenvalue weighted by Crippen LogP contribution is 2.27. The smallest absolute Gasteiger partial charge is 0.270 e. The molecule has 1 aromatic heterocycles. The highest BCUT2D eigenvalue weighted by molar-refractivity contribution is 5.93. The summed E-state index contributed by atoms with van der Waals surface area (Å²) in [5.74, 6) is 1.02. The fraction of sp³-hybridized carbons (Fsp3) is 0.421. The number of rotatable bonds is 7. The van der Waals surface area contributed by atoms with Crippen LogP contribution in [0.3, 0.4) is 0 Å². The minimum Gasteiger partial charge on any atom is -0.495 e. The standard InChI is InChI=1S/C19H25N5O3/c1-14-3-4-17(26-2)15(11-14)23-18-12-16(21-13-22-18)19(25)20-5-6-24-7-9-27-10-8-24/h3-4,11-13H,5-10H2,1-2H3,(H,20,25)(H,21,22,23). The predicted molar refractivity (Wildman–Crippen MR) is 103 cm³/mol. The molecule has 2 heterocycles. The number of aromatic nitrogens is 2. The molecule has 1 aliphatic heterocycles. The van der Waals surface area contributed by atoms with Gasteiger partial charge in [-0.15, -0.1) is 0 Å². The first-order chi connectivity index (χ1) is 13.2. The number of aryl methyl sites for hydroxylation is 1. The van der Waals surface area contributed by atoms with E-state index in [0.29, 0.717) is 23.8 Å². The van der Waals surface area contributed by atoms with Crippen molar-refractivity contribution in [3.63, 3.8) is 0 Å². The average molecular weight is 371 g/mol. The molecule has 1 amide bonds. The first-order valence-corrected chi connectivity index (χ1v) is 8.98. The summed E-state index contributed by atoms with van der Waals surface area (Å²) in [7, 11) is 1.61. The van der Waals surface area contributed by atoms with Gasteiger partial charge in [-0.2, -0.15) is 0 Å². The minimum atomic E-state index is -0.218.